The van der Waals surface area contributed by atoms with E-state index in [-0.39, 0.29) is 18.2 Å². The summed E-state index contributed by atoms with van der Waals surface area (Å²) in [6, 6.07) is 6.40. The number of nitrogens with one attached hydrogen (secondary N) is 1. The molecule has 0 saturated carbocycles. The third-order valence-electron chi connectivity index (χ3n) is 4.33. The minimum atomic E-state index is -2.92. The Hall–Kier alpha value is -2.06. The number of carbonyl (C=O) groups excluding carboxylic acids is 1. The summed E-state index contributed by atoms with van der Waals surface area (Å²) in [6.45, 7) is 1.16. The predicted molar refractivity (Wildman–Crippen MR) is 94.9 cm³/mol. The van der Waals surface area contributed by atoms with Crippen molar-refractivity contribution in [2.45, 2.75) is 33.3 Å². The Kier molecular flexibility index (Phi) is 6.44. The maximum absolute atomic E-state index is 12.5. The first kappa shape index (κ1) is 19.3. The van der Waals surface area contributed by atoms with Gasteiger partial charge in [-0.05, 0) is 25.0 Å². The van der Waals surface area contributed by atoms with Gasteiger partial charge in [-0.1, -0.05) is 26.0 Å². The molecule has 2 aromatic rings. The Morgan fingerprint density at radius 2 is 2.04 bits per heavy atom. The summed E-state index contributed by atoms with van der Waals surface area (Å²) >= 11 is 1.22. The fourth-order valence-electron chi connectivity index (χ4n) is 2.51. The highest BCUT2D eigenvalue weighted by Crippen LogP contribution is 2.34. The Morgan fingerprint density at radius 1 is 1.36 bits per heavy atom. The Bertz CT molecular complexity index is 709. The standard InChI is InChI=1S/C17H21F2N3O2S/c1-3-17(4-2,10-20)14(23)22-16-21-12(9-25-16)11-7-5-6-8-13(11)24-15(18)19/h5-9,15H,3-4,10,20H2,1-2H3,(H,21,22,23). The minimum absolute atomic E-state index is 0.0408. The second kappa shape index (κ2) is 8.35. The van der Waals surface area contributed by atoms with Crippen LogP contribution >= 0.6 is 11.3 Å². The summed E-state index contributed by atoms with van der Waals surface area (Å²) in [5.41, 5.74) is 6.05. The maximum Gasteiger partial charge on any atom is 0.387 e. The van der Waals surface area contributed by atoms with Gasteiger partial charge in [-0.2, -0.15) is 8.78 Å². The molecule has 1 heterocycles. The molecule has 0 atom stereocenters. The highest BCUT2D eigenvalue weighted by atomic mass is 32.1. The summed E-state index contributed by atoms with van der Waals surface area (Å²) in [6.07, 6.45) is 1.24. The molecule has 0 unspecified atom stereocenters. The van der Waals surface area contributed by atoms with Gasteiger partial charge in [-0.15, -0.1) is 11.3 Å². The molecule has 3 N–H and O–H groups in total. The molecule has 0 radical (unpaired) electrons. The van der Waals surface area contributed by atoms with Gasteiger partial charge in [0.1, 0.15) is 5.75 Å². The predicted octanol–water partition coefficient (Wildman–Crippen LogP) is 4.12. The molecule has 0 aliphatic rings. The van der Waals surface area contributed by atoms with E-state index in [1.165, 1.54) is 17.4 Å². The normalized spacial score (nSPS) is 11.6. The number of ether oxygens (including phenoxy) is 1. The van der Waals surface area contributed by atoms with Crippen LogP contribution in [-0.2, 0) is 4.79 Å². The lowest BCUT2D eigenvalue weighted by Crippen LogP contribution is -2.41. The van der Waals surface area contributed by atoms with Crippen molar-refractivity contribution in [3.05, 3.63) is 29.6 Å². The lowest BCUT2D eigenvalue weighted by atomic mass is 9.81. The van der Waals surface area contributed by atoms with Crippen molar-refractivity contribution in [3.63, 3.8) is 0 Å². The van der Waals surface area contributed by atoms with Gasteiger partial charge in [0.2, 0.25) is 5.91 Å². The third kappa shape index (κ3) is 4.32. The number of amides is 1. The van der Waals surface area contributed by atoms with E-state index in [0.717, 1.165) is 0 Å². The average Bonchev–Trinajstić information content (AvgIpc) is 3.05. The van der Waals surface area contributed by atoms with Crippen LogP contribution in [0.25, 0.3) is 11.3 Å². The lowest BCUT2D eigenvalue weighted by molar-refractivity contribution is -0.125. The van der Waals surface area contributed by atoms with E-state index < -0.39 is 12.0 Å². The summed E-state index contributed by atoms with van der Waals surface area (Å²) in [4.78, 5) is 16.9. The fraction of sp³-hybridized carbons (Fsp3) is 0.412. The summed E-state index contributed by atoms with van der Waals surface area (Å²) in [5.74, 6) is -0.142. The van der Waals surface area contributed by atoms with Crippen molar-refractivity contribution in [1.82, 2.24) is 4.98 Å². The molecular formula is C17H21F2N3O2S. The van der Waals surface area contributed by atoms with Crippen LogP contribution < -0.4 is 15.8 Å². The number of thiazole rings is 1. The van der Waals surface area contributed by atoms with Crippen LogP contribution in [0.15, 0.2) is 29.6 Å². The molecule has 1 amide bonds. The molecule has 0 bridgehead atoms. The first-order valence-electron chi connectivity index (χ1n) is 7.97. The molecule has 0 spiro atoms. The molecule has 2 rings (SSSR count). The molecule has 0 aliphatic carbocycles. The summed E-state index contributed by atoms with van der Waals surface area (Å²) in [7, 11) is 0. The molecule has 136 valence electrons. The van der Waals surface area contributed by atoms with Gasteiger partial charge in [-0.3, -0.25) is 4.79 Å². The van der Waals surface area contributed by atoms with Crippen LogP contribution in [0.4, 0.5) is 13.9 Å². The highest BCUT2D eigenvalue weighted by molar-refractivity contribution is 7.14. The third-order valence-corrected chi connectivity index (χ3v) is 5.09. The average molecular weight is 369 g/mol. The number of nitrogens with two attached hydrogens (primary N) is 1. The van der Waals surface area contributed by atoms with Gasteiger partial charge in [-0.25, -0.2) is 4.98 Å². The second-order valence-corrected chi connectivity index (χ2v) is 6.42. The number of aromatic nitrogens is 1. The van der Waals surface area contributed by atoms with Gasteiger partial charge >= 0.3 is 6.61 Å². The zero-order chi connectivity index (χ0) is 18.4. The van der Waals surface area contributed by atoms with Crippen LogP contribution in [0.3, 0.4) is 0 Å². The Morgan fingerprint density at radius 3 is 2.64 bits per heavy atom. The van der Waals surface area contributed by atoms with Gasteiger partial charge in [0.05, 0.1) is 11.1 Å². The fourth-order valence-corrected chi connectivity index (χ4v) is 3.22. The lowest BCUT2D eigenvalue weighted by Gasteiger charge is -2.27. The molecule has 25 heavy (non-hydrogen) atoms. The molecule has 5 nitrogen and oxygen atoms in total. The Balaban J connectivity index is 2.22. The highest BCUT2D eigenvalue weighted by Gasteiger charge is 2.33. The van der Waals surface area contributed by atoms with E-state index in [2.05, 4.69) is 15.0 Å². The van der Waals surface area contributed by atoms with Crippen molar-refractivity contribution < 1.29 is 18.3 Å². The number of benzene rings is 1. The summed E-state index contributed by atoms with van der Waals surface area (Å²) in [5, 5.41) is 4.87. The van der Waals surface area contributed by atoms with E-state index >= 15 is 0 Å². The van der Waals surface area contributed by atoms with Crippen LogP contribution in [0, 0.1) is 5.41 Å². The van der Waals surface area contributed by atoms with Gasteiger partial charge < -0.3 is 15.8 Å². The van der Waals surface area contributed by atoms with Gasteiger partial charge in [0.15, 0.2) is 5.13 Å². The van der Waals surface area contributed by atoms with E-state index in [1.807, 2.05) is 13.8 Å². The first-order valence-corrected chi connectivity index (χ1v) is 8.85. The largest absolute Gasteiger partial charge is 0.434 e. The van der Waals surface area contributed by atoms with E-state index in [4.69, 9.17) is 5.73 Å². The zero-order valence-corrected chi connectivity index (χ0v) is 14.9. The van der Waals surface area contributed by atoms with Crippen LogP contribution in [0.5, 0.6) is 5.75 Å². The summed E-state index contributed by atoms with van der Waals surface area (Å²) < 4.78 is 29.6. The smallest absolute Gasteiger partial charge is 0.387 e. The van der Waals surface area contributed by atoms with Gasteiger partial charge in [0, 0.05) is 17.5 Å². The SMILES string of the molecule is CCC(CC)(CN)C(=O)Nc1nc(-c2ccccc2OC(F)F)cs1. The number of para-hydroxylation sites is 1. The number of carbonyl (C=O) groups is 1. The molecule has 1 aromatic carbocycles. The van der Waals surface area contributed by atoms with Crippen molar-refractivity contribution in [2.24, 2.45) is 11.1 Å². The van der Waals surface area contributed by atoms with Crippen LogP contribution in [0.1, 0.15) is 26.7 Å². The van der Waals surface area contributed by atoms with E-state index in [1.54, 1.807) is 23.6 Å². The van der Waals surface area contributed by atoms with Crippen LogP contribution in [-0.4, -0.2) is 24.0 Å². The quantitative estimate of drug-likeness (QED) is 0.734. The number of nitrogens with zero attached hydrogens (tertiary/aromatic N) is 1. The number of anilines is 1. The number of alkyl halides is 2. The van der Waals surface area contributed by atoms with Crippen molar-refractivity contribution in [1.29, 1.82) is 0 Å². The molecular weight excluding hydrogens is 348 g/mol. The van der Waals surface area contributed by atoms with Gasteiger partial charge in [0.25, 0.3) is 0 Å². The van der Waals surface area contributed by atoms with Crippen molar-refractivity contribution in [3.8, 4) is 17.0 Å². The number of hydrogen-bond acceptors (Lipinski definition) is 5. The molecule has 0 saturated heterocycles. The van der Waals surface area contributed by atoms with E-state index in [9.17, 15) is 13.6 Å². The van der Waals surface area contributed by atoms with Crippen LogP contribution in [0.2, 0.25) is 0 Å². The van der Waals surface area contributed by atoms with E-state index in [0.29, 0.717) is 29.2 Å². The Labute approximate surface area is 149 Å². The topological polar surface area (TPSA) is 77.2 Å². The molecule has 1 aromatic heterocycles. The molecule has 0 fully saturated rings. The molecule has 0 aliphatic heterocycles. The minimum Gasteiger partial charge on any atom is -0.434 e. The monoisotopic (exact) mass is 369 g/mol. The number of hydrogen-bond donors (Lipinski definition) is 2. The van der Waals surface area contributed by atoms with Crippen molar-refractivity contribution >= 4 is 22.4 Å². The number of rotatable bonds is 8. The number of halogens is 2. The molecule has 8 heteroatoms. The zero-order valence-electron chi connectivity index (χ0n) is 14.1. The van der Waals surface area contributed by atoms with Crippen molar-refractivity contribution in [2.75, 3.05) is 11.9 Å². The second-order valence-electron chi connectivity index (χ2n) is 5.56. The maximum atomic E-state index is 12.5. The first-order chi connectivity index (χ1) is 12.0.